The fraction of sp³-hybridized carbons (Fsp3) is 0.500. The topological polar surface area (TPSA) is 12.4 Å². The lowest BCUT2D eigenvalue weighted by atomic mass is 9.84. The summed E-state index contributed by atoms with van der Waals surface area (Å²) in [6.07, 6.45) is 13.6. The molecule has 1 fully saturated rings. The van der Waals surface area contributed by atoms with E-state index in [1.54, 1.807) is 0 Å². The van der Waals surface area contributed by atoms with Gasteiger partial charge in [-0.2, -0.15) is 0 Å². The molecule has 0 radical (unpaired) electrons. The summed E-state index contributed by atoms with van der Waals surface area (Å²) >= 11 is 0. The second-order valence-electron chi connectivity index (χ2n) is 3.82. The highest BCUT2D eigenvalue weighted by molar-refractivity contribution is 5.68. The summed E-state index contributed by atoms with van der Waals surface area (Å²) in [5.41, 5.74) is 0.208. The molecule has 3 unspecified atom stereocenters. The van der Waals surface area contributed by atoms with Crippen molar-refractivity contribution in [3.63, 3.8) is 0 Å². The van der Waals surface area contributed by atoms with Crippen molar-refractivity contribution >= 4 is 6.21 Å². The van der Waals surface area contributed by atoms with Gasteiger partial charge in [0.15, 0.2) is 0 Å². The van der Waals surface area contributed by atoms with Gasteiger partial charge in [-0.15, -0.1) is 0 Å². The quantitative estimate of drug-likeness (QED) is 0.494. The van der Waals surface area contributed by atoms with Gasteiger partial charge in [-0.25, -0.2) is 0 Å². The van der Waals surface area contributed by atoms with E-state index in [0.29, 0.717) is 5.92 Å². The lowest BCUT2D eigenvalue weighted by molar-refractivity contribution is 0.461. The average molecular weight is 145 g/mol. The molecule has 0 amide bonds. The maximum atomic E-state index is 4.59. The highest BCUT2D eigenvalue weighted by atomic mass is 14.9. The molecule has 0 aromatic rings. The smallest absolute Gasteiger partial charge is 0.0855 e. The molecule has 3 aliphatic rings. The first-order chi connectivity index (χ1) is 5.39. The van der Waals surface area contributed by atoms with Gasteiger partial charge >= 0.3 is 0 Å². The van der Waals surface area contributed by atoms with Crippen LogP contribution in [-0.4, -0.2) is 11.8 Å². The number of aliphatic imine (C=N–C) groups is 1. The molecule has 1 heteroatoms. The summed E-state index contributed by atoms with van der Waals surface area (Å²) in [7, 11) is 0. The van der Waals surface area contributed by atoms with Crippen molar-refractivity contribution in [1.29, 1.82) is 0 Å². The lowest BCUT2D eigenvalue weighted by Gasteiger charge is -2.27. The molecule has 2 bridgehead atoms. The Balaban J connectivity index is 2.13. The molecule has 0 N–H and O–H groups in total. The van der Waals surface area contributed by atoms with Crippen LogP contribution >= 0.6 is 0 Å². The van der Waals surface area contributed by atoms with E-state index in [2.05, 4.69) is 35.5 Å². The lowest BCUT2D eigenvalue weighted by Crippen LogP contribution is -2.27. The van der Waals surface area contributed by atoms with E-state index in [9.17, 15) is 0 Å². The highest BCUT2D eigenvalue weighted by Crippen LogP contribution is 2.48. The zero-order valence-corrected chi connectivity index (χ0v) is 6.40. The van der Waals surface area contributed by atoms with Crippen LogP contribution in [0.2, 0.25) is 0 Å². The zero-order valence-electron chi connectivity index (χ0n) is 6.40. The molecule has 11 heavy (non-hydrogen) atoms. The number of hydrogen-bond acceptors (Lipinski definition) is 1. The Morgan fingerprint density at radius 2 is 2.36 bits per heavy atom. The van der Waals surface area contributed by atoms with Crippen LogP contribution in [0.3, 0.4) is 0 Å². The minimum Gasteiger partial charge on any atom is -0.286 e. The molecule has 56 valence electrons. The summed E-state index contributed by atoms with van der Waals surface area (Å²) in [6.45, 7) is 0. The molecule has 0 aromatic heterocycles. The molecular formula is C10H11N. The monoisotopic (exact) mass is 145 g/mol. The fourth-order valence-corrected chi connectivity index (χ4v) is 2.59. The summed E-state index contributed by atoms with van der Waals surface area (Å²) in [6, 6.07) is 0. The standard InChI is InChI=1S/C10H11N/c1-2-4-10-6-8(7-11-10)5-9(10)3-1/h1-4,7-9H,5-6H2. The SMILES string of the molecule is C1=CC2CC3C=NC2(C=C1)C3. The second-order valence-corrected chi connectivity index (χ2v) is 3.82. The van der Waals surface area contributed by atoms with Gasteiger partial charge < -0.3 is 0 Å². The molecule has 1 saturated carbocycles. The number of allylic oxidation sites excluding steroid dienone is 2. The second kappa shape index (κ2) is 1.66. The summed E-state index contributed by atoms with van der Waals surface area (Å²) in [5, 5.41) is 0. The third kappa shape index (κ3) is 0.590. The van der Waals surface area contributed by atoms with Gasteiger partial charge in [0.05, 0.1) is 5.54 Å². The predicted molar refractivity (Wildman–Crippen MR) is 45.7 cm³/mol. The summed E-state index contributed by atoms with van der Waals surface area (Å²) < 4.78 is 0. The minimum atomic E-state index is 0.208. The van der Waals surface area contributed by atoms with E-state index in [-0.39, 0.29) is 5.54 Å². The first-order valence-electron chi connectivity index (χ1n) is 4.30. The van der Waals surface area contributed by atoms with Crippen LogP contribution < -0.4 is 0 Å². The van der Waals surface area contributed by atoms with Crippen molar-refractivity contribution in [2.24, 2.45) is 16.8 Å². The third-order valence-electron chi connectivity index (χ3n) is 3.15. The number of hydrogen-bond donors (Lipinski definition) is 0. The van der Waals surface area contributed by atoms with Crippen molar-refractivity contribution in [1.82, 2.24) is 0 Å². The van der Waals surface area contributed by atoms with Crippen LogP contribution in [0.1, 0.15) is 12.8 Å². The van der Waals surface area contributed by atoms with Gasteiger partial charge in [-0.1, -0.05) is 24.3 Å². The van der Waals surface area contributed by atoms with Crippen LogP contribution in [0.5, 0.6) is 0 Å². The summed E-state index contributed by atoms with van der Waals surface area (Å²) in [4.78, 5) is 4.59. The Morgan fingerprint density at radius 1 is 1.36 bits per heavy atom. The minimum absolute atomic E-state index is 0.208. The molecule has 0 saturated heterocycles. The van der Waals surface area contributed by atoms with Crippen LogP contribution in [0.15, 0.2) is 29.3 Å². The number of rotatable bonds is 0. The normalized spacial score (nSPS) is 50.2. The predicted octanol–water partition coefficient (Wildman–Crippen LogP) is 1.96. The maximum Gasteiger partial charge on any atom is 0.0855 e. The molecule has 0 aromatic carbocycles. The molecule has 1 spiro atoms. The van der Waals surface area contributed by atoms with Crippen LogP contribution in [0.25, 0.3) is 0 Å². The molecule has 1 aliphatic heterocycles. The van der Waals surface area contributed by atoms with Gasteiger partial charge in [0.2, 0.25) is 0 Å². The van der Waals surface area contributed by atoms with E-state index in [0.717, 1.165) is 5.92 Å². The first-order valence-corrected chi connectivity index (χ1v) is 4.30. The first kappa shape index (κ1) is 5.76. The largest absolute Gasteiger partial charge is 0.286 e. The van der Waals surface area contributed by atoms with Gasteiger partial charge in [-0.3, -0.25) is 4.99 Å². The van der Waals surface area contributed by atoms with Gasteiger partial charge in [0, 0.05) is 12.1 Å². The Kier molecular flexibility index (Phi) is 0.867. The van der Waals surface area contributed by atoms with Crippen molar-refractivity contribution in [3.8, 4) is 0 Å². The van der Waals surface area contributed by atoms with Gasteiger partial charge in [-0.05, 0) is 18.8 Å². The Hall–Kier alpha value is -0.850. The van der Waals surface area contributed by atoms with E-state index in [1.807, 2.05) is 0 Å². The van der Waals surface area contributed by atoms with Crippen LogP contribution in [-0.2, 0) is 0 Å². The summed E-state index contributed by atoms with van der Waals surface area (Å²) in [5.74, 6) is 1.48. The van der Waals surface area contributed by atoms with E-state index < -0.39 is 0 Å². The van der Waals surface area contributed by atoms with E-state index >= 15 is 0 Å². The van der Waals surface area contributed by atoms with Crippen molar-refractivity contribution in [3.05, 3.63) is 24.3 Å². The van der Waals surface area contributed by atoms with Crippen LogP contribution in [0.4, 0.5) is 0 Å². The highest BCUT2D eigenvalue weighted by Gasteiger charge is 2.47. The van der Waals surface area contributed by atoms with Crippen molar-refractivity contribution < 1.29 is 0 Å². The Bertz CT molecular complexity index is 275. The van der Waals surface area contributed by atoms with Gasteiger partial charge in [0.1, 0.15) is 0 Å². The Morgan fingerprint density at radius 3 is 3.18 bits per heavy atom. The molecule has 3 atom stereocenters. The molecule has 3 rings (SSSR count). The molecule has 1 heterocycles. The molecule has 2 aliphatic carbocycles. The molecule has 1 nitrogen and oxygen atoms in total. The van der Waals surface area contributed by atoms with Gasteiger partial charge in [0.25, 0.3) is 0 Å². The van der Waals surface area contributed by atoms with Crippen molar-refractivity contribution in [2.45, 2.75) is 18.4 Å². The number of fused-ring (bicyclic) bond motifs is 1. The third-order valence-corrected chi connectivity index (χ3v) is 3.15. The van der Waals surface area contributed by atoms with Crippen molar-refractivity contribution in [2.75, 3.05) is 0 Å². The fourth-order valence-electron chi connectivity index (χ4n) is 2.59. The maximum absolute atomic E-state index is 4.59. The Labute approximate surface area is 66.5 Å². The molecular weight excluding hydrogens is 134 g/mol. The number of nitrogens with zero attached hydrogens (tertiary/aromatic N) is 1. The average Bonchev–Trinajstić information content (AvgIpc) is 2.57. The zero-order chi connectivity index (χ0) is 7.31. The van der Waals surface area contributed by atoms with Crippen LogP contribution in [0, 0.1) is 11.8 Å². The van der Waals surface area contributed by atoms with E-state index in [4.69, 9.17) is 0 Å². The van der Waals surface area contributed by atoms with E-state index in [1.165, 1.54) is 12.8 Å².